The van der Waals surface area contributed by atoms with E-state index in [0.29, 0.717) is 35.2 Å². The summed E-state index contributed by atoms with van der Waals surface area (Å²) in [6.45, 7) is 6.68. The van der Waals surface area contributed by atoms with Gasteiger partial charge in [-0.05, 0) is 39.0 Å². The van der Waals surface area contributed by atoms with E-state index in [9.17, 15) is 4.79 Å². The molecule has 0 saturated carbocycles. The van der Waals surface area contributed by atoms with Crippen LogP contribution in [0.25, 0.3) is 0 Å². The topological polar surface area (TPSA) is 86.5 Å². The van der Waals surface area contributed by atoms with Gasteiger partial charge in [0.1, 0.15) is 23.0 Å². The van der Waals surface area contributed by atoms with E-state index in [1.165, 1.54) is 11.8 Å². The lowest BCUT2D eigenvalue weighted by atomic mass is 10.0. The number of carbonyl (C=O) groups is 1. The van der Waals surface area contributed by atoms with E-state index in [0.717, 1.165) is 29.2 Å². The van der Waals surface area contributed by atoms with Crippen molar-refractivity contribution < 1.29 is 18.8 Å². The van der Waals surface area contributed by atoms with E-state index in [-0.39, 0.29) is 11.5 Å². The maximum atomic E-state index is 12.7. The summed E-state index contributed by atoms with van der Waals surface area (Å²) in [5, 5.41) is 7.53. The molecule has 0 fully saturated rings. The largest absolute Gasteiger partial charge is 0.488 e. The summed E-state index contributed by atoms with van der Waals surface area (Å²) < 4.78 is 17.0. The molecule has 162 valence electrons. The second kappa shape index (κ2) is 9.01. The number of hydrogen-bond acceptors (Lipinski definition) is 7. The fourth-order valence-corrected chi connectivity index (χ4v) is 4.30. The van der Waals surface area contributed by atoms with Crippen LogP contribution < -0.4 is 14.8 Å². The van der Waals surface area contributed by atoms with Gasteiger partial charge in [-0.25, -0.2) is 4.98 Å². The average Bonchev–Trinajstić information content (AvgIpc) is 3.30. The molecule has 2 aromatic heterocycles. The van der Waals surface area contributed by atoms with Gasteiger partial charge in [0, 0.05) is 30.0 Å². The highest BCUT2D eigenvalue weighted by Gasteiger charge is 2.32. The molecular weight excluding hydrogens is 414 g/mol. The molecule has 8 heteroatoms. The number of nitrogens with one attached hydrogen (secondary N) is 1. The Morgan fingerprint density at radius 1 is 1.29 bits per heavy atom. The highest BCUT2D eigenvalue weighted by Crippen LogP contribution is 2.41. The number of aryl methyl sites for hydroxylation is 1. The van der Waals surface area contributed by atoms with Crippen LogP contribution in [0.4, 0.5) is 0 Å². The summed E-state index contributed by atoms with van der Waals surface area (Å²) in [5.74, 6) is 2.65. The van der Waals surface area contributed by atoms with Gasteiger partial charge in [-0.1, -0.05) is 29.1 Å². The monoisotopic (exact) mass is 439 g/mol. The standard InChI is InChI=1S/C23H25N3O4S/c1-15-12-17(26-30-15)14-31-22-18(7-5-9-25-22)21(27)24-10-11-28-19-8-4-6-16-13-23(2,3)29-20(16)19/h4-9,12H,10-11,13-14H2,1-3H3,(H,24,27). The average molecular weight is 440 g/mol. The summed E-state index contributed by atoms with van der Waals surface area (Å²) in [6, 6.07) is 11.3. The molecule has 31 heavy (non-hydrogen) atoms. The first-order chi connectivity index (χ1) is 14.9. The van der Waals surface area contributed by atoms with E-state index < -0.39 is 0 Å². The lowest BCUT2D eigenvalue weighted by Crippen LogP contribution is -2.28. The van der Waals surface area contributed by atoms with Gasteiger partial charge < -0.3 is 19.3 Å². The Bertz CT molecular complexity index is 1080. The number of thioether (sulfide) groups is 1. The van der Waals surface area contributed by atoms with Crippen molar-refractivity contribution in [3.05, 3.63) is 65.2 Å². The minimum absolute atomic E-state index is 0.189. The molecule has 0 atom stereocenters. The fourth-order valence-electron chi connectivity index (χ4n) is 3.43. The normalized spacial score (nSPS) is 14.0. The van der Waals surface area contributed by atoms with Gasteiger partial charge in [-0.3, -0.25) is 4.79 Å². The predicted octanol–water partition coefficient (Wildman–Crippen LogP) is 4.19. The van der Waals surface area contributed by atoms with Crippen molar-refractivity contribution in [2.45, 2.75) is 43.6 Å². The highest BCUT2D eigenvalue weighted by molar-refractivity contribution is 7.98. The first-order valence-electron chi connectivity index (χ1n) is 10.1. The highest BCUT2D eigenvalue weighted by atomic mass is 32.2. The molecule has 1 N–H and O–H groups in total. The van der Waals surface area contributed by atoms with Gasteiger partial charge in [0.25, 0.3) is 5.91 Å². The molecule has 1 aromatic carbocycles. The van der Waals surface area contributed by atoms with Crippen LogP contribution in [0.1, 0.15) is 41.2 Å². The third-order valence-corrected chi connectivity index (χ3v) is 5.79. The van der Waals surface area contributed by atoms with Gasteiger partial charge >= 0.3 is 0 Å². The third-order valence-electron chi connectivity index (χ3n) is 4.75. The lowest BCUT2D eigenvalue weighted by Gasteiger charge is -2.18. The Hall–Kier alpha value is -3.00. The summed E-state index contributed by atoms with van der Waals surface area (Å²) in [6.07, 6.45) is 2.53. The molecule has 7 nitrogen and oxygen atoms in total. The molecule has 3 heterocycles. The van der Waals surface area contributed by atoms with Gasteiger partial charge in [0.2, 0.25) is 0 Å². The third kappa shape index (κ3) is 5.19. The Balaban J connectivity index is 1.31. The van der Waals surface area contributed by atoms with Crippen molar-refractivity contribution in [2.75, 3.05) is 13.2 Å². The van der Waals surface area contributed by atoms with Crippen molar-refractivity contribution in [1.82, 2.24) is 15.5 Å². The molecule has 1 aliphatic rings. The zero-order chi connectivity index (χ0) is 21.8. The van der Waals surface area contributed by atoms with Crippen molar-refractivity contribution in [2.24, 2.45) is 0 Å². The first-order valence-corrected chi connectivity index (χ1v) is 11.1. The van der Waals surface area contributed by atoms with Crippen molar-refractivity contribution in [3.63, 3.8) is 0 Å². The van der Waals surface area contributed by atoms with Crippen LogP contribution in [0.2, 0.25) is 0 Å². The van der Waals surface area contributed by atoms with E-state index >= 15 is 0 Å². The maximum absolute atomic E-state index is 12.7. The quantitative estimate of drug-likeness (QED) is 0.416. The van der Waals surface area contributed by atoms with Crippen LogP contribution in [0.15, 0.2) is 52.1 Å². The number of rotatable bonds is 8. The smallest absolute Gasteiger partial charge is 0.254 e. The van der Waals surface area contributed by atoms with Crippen molar-refractivity contribution in [1.29, 1.82) is 0 Å². The summed E-state index contributed by atoms with van der Waals surface area (Å²) in [5.41, 5.74) is 2.26. The van der Waals surface area contributed by atoms with E-state index in [4.69, 9.17) is 14.0 Å². The van der Waals surface area contributed by atoms with Crippen LogP contribution in [0.5, 0.6) is 11.5 Å². The number of pyridine rings is 1. The zero-order valence-electron chi connectivity index (χ0n) is 17.8. The molecule has 0 radical (unpaired) electrons. The molecular formula is C23H25N3O4S. The van der Waals surface area contributed by atoms with Gasteiger partial charge in [0.05, 0.1) is 17.8 Å². The number of fused-ring (bicyclic) bond motifs is 1. The Kier molecular flexibility index (Phi) is 6.18. The number of para-hydroxylation sites is 1. The predicted molar refractivity (Wildman–Crippen MR) is 118 cm³/mol. The van der Waals surface area contributed by atoms with E-state index in [1.807, 2.05) is 25.1 Å². The number of nitrogens with zero attached hydrogens (tertiary/aromatic N) is 2. The molecule has 3 aromatic rings. The molecule has 4 rings (SSSR count). The number of ether oxygens (including phenoxy) is 2. The number of benzene rings is 1. The second-order valence-corrected chi connectivity index (χ2v) is 8.93. The summed E-state index contributed by atoms with van der Waals surface area (Å²) >= 11 is 1.45. The Labute approximate surface area is 185 Å². The molecule has 0 bridgehead atoms. The minimum atomic E-state index is -0.227. The van der Waals surface area contributed by atoms with Gasteiger partial charge in [0.15, 0.2) is 11.5 Å². The fraction of sp³-hybridized carbons (Fsp3) is 0.348. The molecule has 1 amide bonds. The van der Waals surface area contributed by atoms with E-state index in [2.05, 4.69) is 35.4 Å². The van der Waals surface area contributed by atoms with Crippen molar-refractivity contribution >= 4 is 17.7 Å². The number of aromatic nitrogens is 2. The molecule has 0 saturated heterocycles. The van der Waals surface area contributed by atoms with Crippen LogP contribution in [0, 0.1) is 6.92 Å². The number of carbonyl (C=O) groups excluding carboxylic acids is 1. The second-order valence-electron chi connectivity index (χ2n) is 7.96. The maximum Gasteiger partial charge on any atom is 0.254 e. The van der Waals surface area contributed by atoms with Gasteiger partial charge in [-0.2, -0.15) is 0 Å². The molecule has 1 aliphatic heterocycles. The molecule has 0 spiro atoms. The van der Waals surface area contributed by atoms with Gasteiger partial charge in [-0.15, -0.1) is 0 Å². The Morgan fingerprint density at radius 3 is 2.97 bits per heavy atom. The molecule has 0 aliphatic carbocycles. The number of amides is 1. The zero-order valence-corrected chi connectivity index (χ0v) is 18.6. The van der Waals surface area contributed by atoms with Crippen LogP contribution in [-0.2, 0) is 12.2 Å². The first kappa shape index (κ1) is 21.2. The summed E-state index contributed by atoms with van der Waals surface area (Å²) in [4.78, 5) is 17.0. The minimum Gasteiger partial charge on any atom is -0.488 e. The SMILES string of the molecule is Cc1cc(CSc2ncccc2C(=O)NCCOc2cccc3c2OC(C)(C)C3)no1. The molecule has 0 unspecified atom stereocenters. The van der Waals surface area contributed by atoms with E-state index in [1.54, 1.807) is 18.3 Å². The summed E-state index contributed by atoms with van der Waals surface area (Å²) in [7, 11) is 0. The van der Waals surface area contributed by atoms with Crippen LogP contribution >= 0.6 is 11.8 Å². The van der Waals surface area contributed by atoms with Crippen LogP contribution in [0.3, 0.4) is 0 Å². The number of hydrogen-bond donors (Lipinski definition) is 1. The van der Waals surface area contributed by atoms with Crippen LogP contribution in [-0.4, -0.2) is 34.8 Å². The Morgan fingerprint density at radius 2 is 2.16 bits per heavy atom. The lowest BCUT2D eigenvalue weighted by molar-refractivity contribution is 0.0942. The van der Waals surface area contributed by atoms with Crippen molar-refractivity contribution in [3.8, 4) is 11.5 Å².